The molecule has 1 N–H and O–H groups in total. The lowest BCUT2D eigenvalue weighted by molar-refractivity contribution is 0.0948. The van der Waals surface area contributed by atoms with Gasteiger partial charge >= 0.3 is 0 Å². The highest BCUT2D eigenvalue weighted by molar-refractivity contribution is 9.10. The van der Waals surface area contributed by atoms with E-state index < -0.39 is 0 Å². The van der Waals surface area contributed by atoms with E-state index in [9.17, 15) is 4.79 Å². The van der Waals surface area contributed by atoms with Gasteiger partial charge in [0.15, 0.2) is 0 Å². The minimum Gasteiger partial charge on any atom is -0.352 e. The van der Waals surface area contributed by atoms with Gasteiger partial charge in [0.05, 0.1) is 5.56 Å². The van der Waals surface area contributed by atoms with Crippen LogP contribution in [0.1, 0.15) is 29.6 Å². The van der Waals surface area contributed by atoms with Crippen LogP contribution in [0.25, 0.3) is 0 Å². The molecule has 1 heterocycles. The van der Waals surface area contributed by atoms with Crippen LogP contribution in [0.5, 0.6) is 0 Å². The second kappa shape index (κ2) is 7.48. The molecule has 1 aromatic carbocycles. The molecule has 0 spiro atoms. The molecule has 1 aliphatic rings. The first-order valence-corrected chi connectivity index (χ1v) is 8.25. The molecule has 1 fully saturated rings. The van der Waals surface area contributed by atoms with E-state index in [0.29, 0.717) is 5.56 Å². The van der Waals surface area contributed by atoms with Crippen LogP contribution in [0.15, 0.2) is 27.6 Å². The summed E-state index contributed by atoms with van der Waals surface area (Å²) in [5.41, 5.74) is 0.654. The second-order valence-electron chi connectivity index (χ2n) is 5.46. The summed E-state index contributed by atoms with van der Waals surface area (Å²) >= 11 is 7.68. The summed E-state index contributed by atoms with van der Waals surface area (Å²) in [7, 11) is 2.17. The number of benzene rings is 1. The number of halogens is 1. The lowest BCUT2D eigenvalue weighted by Crippen LogP contribution is -2.32. The van der Waals surface area contributed by atoms with Crippen molar-refractivity contribution in [3.63, 3.8) is 0 Å². The van der Waals surface area contributed by atoms with E-state index in [2.05, 4.69) is 45.8 Å². The van der Waals surface area contributed by atoms with E-state index in [-0.39, 0.29) is 5.91 Å². The average Bonchev–Trinajstić information content (AvgIpc) is 2.43. The third kappa shape index (κ3) is 4.50. The van der Waals surface area contributed by atoms with Crippen LogP contribution in [-0.2, 0) is 0 Å². The summed E-state index contributed by atoms with van der Waals surface area (Å²) in [6.45, 7) is 3.09. The largest absolute Gasteiger partial charge is 0.352 e. The first-order chi connectivity index (χ1) is 9.56. The number of nitrogens with one attached hydrogen (secondary N) is 1. The van der Waals surface area contributed by atoms with Crippen molar-refractivity contribution in [2.45, 2.75) is 24.2 Å². The Morgan fingerprint density at radius 2 is 2.15 bits per heavy atom. The van der Waals surface area contributed by atoms with Crippen molar-refractivity contribution >= 4 is 34.5 Å². The maximum absolute atomic E-state index is 12.1. The van der Waals surface area contributed by atoms with Gasteiger partial charge in [0.2, 0.25) is 0 Å². The van der Waals surface area contributed by atoms with Gasteiger partial charge in [-0.05, 0) is 79.4 Å². The highest BCUT2D eigenvalue weighted by Crippen LogP contribution is 2.21. The predicted molar refractivity (Wildman–Crippen MR) is 88.6 cm³/mol. The smallest absolute Gasteiger partial charge is 0.252 e. The molecule has 1 aliphatic heterocycles. The number of piperidine rings is 1. The van der Waals surface area contributed by atoms with Crippen LogP contribution in [-0.4, -0.2) is 37.5 Å². The Kier molecular flexibility index (Phi) is 5.93. The van der Waals surface area contributed by atoms with Gasteiger partial charge in [-0.25, -0.2) is 0 Å². The highest BCUT2D eigenvalue weighted by atomic mass is 79.9. The molecule has 1 aromatic rings. The molecule has 3 nitrogen and oxygen atoms in total. The number of likely N-dealkylation sites (tertiary alicyclic amines) is 1. The Morgan fingerprint density at radius 1 is 1.45 bits per heavy atom. The summed E-state index contributed by atoms with van der Waals surface area (Å²) in [4.78, 5) is 15.3. The highest BCUT2D eigenvalue weighted by Gasteiger charge is 2.17. The Labute approximate surface area is 134 Å². The fourth-order valence-corrected chi connectivity index (χ4v) is 3.15. The minimum atomic E-state index is -0.0271. The van der Waals surface area contributed by atoms with E-state index in [1.807, 2.05) is 12.1 Å². The lowest BCUT2D eigenvalue weighted by atomic mass is 9.94. The Bertz CT molecular complexity index is 473. The number of carbonyl (C=O) groups is 1. The first kappa shape index (κ1) is 15.9. The molecule has 5 heteroatoms. The monoisotopic (exact) mass is 356 g/mol. The number of thiol groups is 1. The Hall–Kier alpha value is -0.520. The third-order valence-electron chi connectivity index (χ3n) is 3.87. The van der Waals surface area contributed by atoms with E-state index in [0.717, 1.165) is 28.3 Å². The number of hydrogen-bond donors (Lipinski definition) is 2. The summed E-state index contributed by atoms with van der Waals surface area (Å²) in [5, 5.41) is 3.01. The van der Waals surface area contributed by atoms with E-state index >= 15 is 0 Å². The minimum absolute atomic E-state index is 0.0271. The molecule has 0 aliphatic carbocycles. The topological polar surface area (TPSA) is 32.3 Å². The quantitative estimate of drug-likeness (QED) is 0.812. The van der Waals surface area contributed by atoms with Crippen molar-refractivity contribution in [2.24, 2.45) is 5.92 Å². The van der Waals surface area contributed by atoms with Crippen LogP contribution < -0.4 is 5.32 Å². The summed E-state index contributed by atoms with van der Waals surface area (Å²) < 4.78 is 0.812. The maximum atomic E-state index is 12.1. The van der Waals surface area contributed by atoms with Gasteiger partial charge < -0.3 is 10.2 Å². The lowest BCUT2D eigenvalue weighted by Gasteiger charge is -2.28. The zero-order valence-electron chi connectivity index (χ0n) is 11.7. The fraction of sp³-hybridized carbons (Fsp3) is 0.533. The number of rotatable bonds is 4. The van der Waals surface area contributed by atoms with Crippen molar-refractivity contribution < 1.29 is 4.79 Å². The maximum Gasteiger partial charge on any atom is 0.252 e. The SMILES string of the molecule is CN1CCC(CCNC(=O)c2cc(S)ccc2Br)CC1. The molecule has 0 unspecified atom stereocenters. The summed E-state index contributed by atoms with van der Waals surface area (Å²) in [6, 6.07) is 5.51. The molecule has 0 atom stereocenters. The molecule has 0 saturated carbocycles. The van der Waals surface area contributed by atoms with Crippen molar-refractivity contribution in [2.75, 3.05) is 26.7 Å². The molecule has 0 aromatic heterocycles. The molecule has 20 heavy (non-hydrogen) atoms. The van der Waals surface area contributed by atoms with Gasteiger partial charge in [-0.1, -0.05) is 0 Å². The normalized spacial score (nSPS) is 17.1. The van der Waals surface area contributed by atoms with Gasteiger partial charge in [-0.15, -0.1) is 12.6 Å². The van der Waals surface area contributed by atoms with Gasteiger partial charge in [0.25, 0.3) is 5.91 Å². The molecule has 1 saturated heterocycles. The second-order valence-corrected chi connectivity index (χ2v) is 6.83. The Balaban J connectivity index is 1.79. The van der Waals surface area contributed by atoms with Crippen LogP contribution in [0, 0.1) is 5.92 Å². The van der Waals surface area contributed by atoms with Gasteiger partial charge in [0, 0.05) is 15.9 Å². The van der Waals surface area contributed by atoms with E-state index in [1.54, 1.807) is 6.07 Å². The molecular formula is C15H21BrN2OS. The molecule has 2 rings (SSSR count). The van der Waals surface area contributed by atoms with Crippen molar-refractivity contribution in [3.8, 4) is 0 Å². The van der Waals surface area contributed by atoms with Crippen molar-refractivity contribution in [1.29, 1.82) is 0 Å². The number of carbonyl (C=O) groups excluding carboxylic acids is 1. The van der Waals surface area contributed by atoms with Gasteiger partial charge in [-0.2, -0.15) is 0 Å². The zero-order chi connectivity index (χ0) is 14.5. The number of nitrogens with zero attached hydrogens (tertiary/aromatic N) is 1. The first-order valence-electron chi connectivity index (χ1n) is 7.01. The molecule has 0 radical (unpaired) electrons. The van der Waals surface area contributed by atoms with Crippen LogP contribution in [0.3, 0.4) is 0 Å². The zero-order valence-corrected chi connectivity index (χ0v) is 14.2. The summed E-state index contributed by atoms with van der Waals surface area (Å²) in [6.07, 6.45) is 3.54. The standard InChI is InChI=1S/C15H21BrN2OS/c1-18-8-5-11(6-9-18)4-7-17-15(19)13-10-12(20)2-3-14(13)16/h2-3,10-11,20H,4-9H2,1H3,(H,17,19). The van der Waals surface area contributed by atoms with Gasteiger partial charge in [-0.3, -0.25) is 4.79 Å². The molecule has 110 valence electrons. The molecular weight excluding hydrogens is 336 g/mol. The summed E-state index contributed by atoms with van der Waals surface area (Å²) in [5.74, 6) is 0.715. The van der Waals surface area contributed by atoms with Crippen LogP contribution in [0.4, 0.5) is 0 Å². The molecule has 1 amide bonds. The van der Waals surface area contributed by atoms with Crippen LogP contribution >= 0.6 is 28.6 Å². The number of hydrogen-bond acceptors (Lipinski definition) is 3. The van der Waals surface area contributed by atoms with Crippen molar-refractivity contribution in [1.82, 2.24) is 10.2 Å². The van der Waals surface area contributed by atoms with Crippen LogP contribution in [0.2, 0.25) is 0 Å². The number of amides is 1. The molecule has 0 bridgehead atoms. The fourth-order valence-electron chi connectivity index (χ4n) is 2.52. The van der Waals surface area contributed by atoms with E-state index in [1.165, 1.54) is 25.9 Å². The Morgan fingerprint density at radius 3 is 2.85 bits per heavy atom. The average molecular weight is 357 g/mol. The van der Waals surface area contributed by atoms with E-state index in [4.69, 9.17) is 0 Å². The van der Waals surface area contributed by atoms with Gasteiger partial charge in [0.1, 0.15) is 0 Å². The third-order valence-corrected chi connectivity index (χ3v) is 4.84. The van der Waals surface area contributed by atoms with Crippen molar-refractivity contribution in [3.05, 3.63) is 28.2 Å². The predicted octanol–water partition coefficient (Wildman–Crippen LogP) is 3.20.